The van der Waals surface area contributed by atoms with Gasteiger partial charge in [0.1, 0.15) is 0 Å². The van der Waals surface area contributed by atoms with Crippen molar-refractivity contribution in [3.63, 3.8) is 0 Å². The van der Waals surface area contributed by atoms with Crippen molar-refractivity contribution < 1.29 is 0 Å². The quantitative estimate of drug-likeness (QED) is 0.654. The number of piperidine rings is 2. The molecule has 15 heavy (non-hydrogen) atoms. The van der Waals surface area contributed by atoms with Crippen LogP contribution >= 0.6 is 0 Å². The number of likely N-dealkylation sites (tertiary alicyclic amines) is 2. The summed E-state index contributed by atoms with van der Waals surface area (Å²) in [6.07, 6.45) is 5.67. The molecule has 88 valence electrons. The Morgan fingerprint density at radius 2 is 1.67 bits per heavy atom. The summed E-state index contributed by atoms with van der Waals surface area (Å²) in [5, 5.41) is 0. The van der Waals surface area contributed by atoms with Gasteiger partial charge in [-0.15, -0.1) is 0 Å². The first-order valence-corrected chi connectivity index (χ1v) is 6.63. The normalized spacial score (nSPS) is 40.6. The second-order valence-corrected chi connectivity index (χ2v) is 5.67. The van der Waals surface area contributed by atoms with E-state index in [2.05, 4.69) is 30.7 Å². The van der Waals surface area contributed by atoms with Crippen molar-refractivity contribution >= 4 is 0 Å². The van der Waals surface area contributed by atoms with E-state index in [9.17, 15) is 0 Å². The van der Waals surface area contributed by atoms with Crippen LogP contribution in [0.4, 0.5) is 0 Å². The Labute approximate surface area is 94.6 Å². The topological polar surface area (TPSA) is 6.48 Å². The van der Waals surface area contributed by atoms with Gasteiger partial charge in [0.05, 0.1) is 0 Å². The second kappa shape index (κ2) is 4.84. The molecule has 0 aromatic carbocycles. The van der Waals surface area contributed by atoms with Gasteiger partial charge in [0.2, 0.25) is 0 Å². The highest BCUT2D eigenvalue weighted by molar-refractivity contribution is 4.88. The maximum atomic E-state index is 2.76. The first-order chi connectivity index (χ1) is 7.18. The molecule has 2 aliphatic rings. The van der Waals surface area contributed by atoms with Crippen LogP contribution in [0.25, 0.3) is 0 Å². The molecule has 0 saturated carbocycles. The maximum absolute atomic E-state index is 2.76. The zero-order valence-corrected chi connectivity index (χ0v) is 10.6. The fourth-order valence-electron chi connectivity index (χ4n) is 3.28. The predicted octanol–water partition coefficient (Wildman–Crippen LogP) is 2.20. The van der Waals surface area contributed by atoms with Gasteiger partial charge >= 0.3 is 0 Å². The standard InChI is InChI=1S/C13H26N2/c1-11-10-14(3)12(2)9-13(11)15-7-5-4-6-8-15/h11-13H,4-10H2,1-3H3. The summed E-state index contributed by atoms with van der Waals surface area (Å²) in [6, 6.07) is 1.63. The van der Waals surface area contributed by atoms with Gasteiger partial charge in [0.15, 0.2) is 0 Å². The minimum atomic E-state index is 0.771. The summed E-state index contributed by atoms with van der Waals surface area (Å²) in [6.45, 7) is 8.80. The van der Waals surface area contributed by atoms with Crippen molar-refractivity contribution in [2.24, 2.45) is 5.92 Å². The lowest BCUT2D eigenvalue weighted by molar-refractivity contribution is 0.0355. The fraction of sp³-hybridized carbons (Fsp3) is 1.00. The highest BCUT2D eigenvalue weighted by Gasteiger charge is 2.33. The summed E-state index contributed by atoms with van der Waals surface area (Å²) < 4.78 is 0. The van der Waals surface area contributed by atoms with Gasteiger partial charge in [0, 0.05) is 18.6 Å². The summed E-state index contributed by atoms with van der Waals surface area (Å²) in [4.78, 5) is 5.28. The number of hydrogen-bond donors (Lipinski definition) is 0. The van der Waals surface area contributed by atoms with Crippen LogP contribution in [0, 0.1) is 5.92 Å². The highest BCUT2D eigenvalue weighted by Crippen LogP contribution is 2.27. The van der Waals surface area contributed by atoms with E-state index in [0.717, 1.165) is 18.0 Å². The molecule has 2 saturated heterocycles. The molecular formula is C13H26N2. The summed E-state index contributed by atoms with van der Waals surface area (Å²) in [5.41, 5.74) is 0. The molecule has 0 spiro atoms. The van der Waals surface area contributed by atoms with Crippen molar-refractivity contribution in [2.45, 2.75) is 51.6 Å². The number of nitrogens with zero attached hydrogens (tertiary/aromatic N) is 2. The van der Waals surface area contributed by atoms with Crippen LogP contribution in [0.5, 0.6) is 0 Å². The molecule has 2 heteroatoms. The average molecular weight is 210 g/mol. The van der Waals surface area contributed by atoms with Crippen LogP contribution < -0.4 is 0 Å². The molecule has 2 fully saturated rings. The third-order valence-corrected chi connectivity index (χ3v) is 4.43. The molecule has 2 rings (SSSR count). The lowest BCUT2D eigenvalue weighted by Crippen LogP contribution is -2.53. The predicted molar refractivity (Wildman–Crippen MR) is 65.1 cm³/mol. The molecule has 0 amide bonds. The highest BCUT2D eigenvalue weighted by atomic mass is 15.2. The molecule has 0 bridgehead atoms. The van der Waals surface area contributed by atoms with E-state index in [0.29, 0.717) is 0 Å². The Bertz CT molecular complexity index is 199. The van der Waals surface area contributed by atoms with Crippen molar-refractivity contribution in [1.82, 2.24) is 9.80 Å². The van der Waals surface area contributed by atoms with Crippen LogP contribution in [0.2, 0.25) is 0 Å². The lowest BCUT2D eigenvalue weighted by atomic mass is 9.87. The van der Waals surface area contributed by atoms with Gasteiger partial charge in [-0.1, -0.05) is 13.3 Å². The second-order valence-electron chi connectivity index (χ2n) is 5.67. The monoisotopic (exact) mass is 210 g/mol. The third-order valence-electron chi connectivity index (χ3n) is 4.43. The van der Waals surface area contributed by atoms with Gasteiger partial charge in [-0.2, -0.15) is 0 Å². The third kappa shape index (κ3) is 2.54. The van der Waals surface area contributed by atoms with Crippen LogP contribution in [0.1, 0.15) is 39.5 Å². The van der Waals surface area contributed by atoms with Gasteiger partial charge in [-0.25, -0.2) is 0 Å². The van der Waals surface area contributed by atoms with Crippen molar-refractivity contribution in [1.29, 1.82) is 0 Å². The van der Waals surface area contributed by atoms with Gasteiger partial charge < -0.3 is 9.80 Å². The van der Waals surface area contributed by atoms with E-state index < -0.39 is 0 Å². The number of hydrogen-bond acceptors (Lipinski definition) is 2. The Kier molecular flexibility index (Phi) is 3.68. The van der Waals surface area contributed by atoms with Crippen molar-refractivity contribution in [3.8, 4) is 0 Å². The zero-order chi connectivity index (χ0) is 10.8. The van der Waals surface area contributed by atoms with Crippen molar-refractivity contribution in [3.05, 3.63) is 0 Å². The molecule has 2 heterocycles. The molecule has 0 aromatic rings. The van der Waals surface area contributed by atoms with E-state index in [1.807, 2.05) is 0 Å². The largest absolute Gasteiger partial charge is 0.303 e. The van der Waals surface area contributed by atoms with E-state index >= 15 is 0 Å². The zero-order valence-electron chi connectivity index (χ0n) is 10.6. The van der Waals surface area contributed by atoms with Crippen LogP contribution in [0.3, 0.4) is 0 Å². The van der Waals surface area contributed by atoms with Gasteiger partial charge in [0.25, 0.3) is 0 Å². The molecular weight excluding hydrogens is 184 g/mol. The molecule has 2 aliphatic heterocycles. The summed E-state index contributed by atoms with van der Waals surface area (Å²) in [5.74, 6) is 0.851. The molecule has 3 unspecified atom stereocenters. The maximum Gasteiger partial charge on any atom is 0.0148 e. The lowest BCUT2D eigenvalue weighted by Gasteiger charge is -2.46. The average Bonchev–Trinajstić information content (AvgIpc) is 2.25. The first-order valence-electron chi connectivity index (χ1n) is 6.63. The molecule has 3 atom stereocenters. The molecule has 0 radical (unpaired) electrons. The Morgan fingerprint density at radius 1 is 1.00 bits per heavy atom. The van der Waals surface area contributed by atoms with E-state index in [1.165, 1.54) is 45.3 Å². The Hall–Kier alpha value is -0.0800. The fourth-order valence-corrected chi connectivity index (χ4v) is 3.28. The van der Waals surface area contributed by atoms with E-state index in [4.69, 9.17) is 0 Å². The Balaban J connectivity index is 1.95. The SMILES string of the molecule is CC1CN(C)C(C)CC1N1CCCCC1. The minimum absolute atomic E-state index is 0.771. The smallest absolute Gasteiger partial charge is 0.0148 e. The Morgan fingerprint density at radius 3 is 2.33 bits per heavy atom. The van der Waals surface area contributed by atoms with E-state index in [-0.39, 0.29) is 0 Å². The first kappa shape index (κ1) is 11.4. The summed E-state index contributed by atoms with van der Waals surface area (Å²) in [7, 11) is 2.27. The van der Waals surface area contributed by atoms with Crippen LogP contribution in [-0.2, 0) is 0 Å². The van der Waals surface area contributed by atoms with Crippen molar-refractivity contribution in [2.75, 3.05) is 26.7 Å². The summed E-state index contributed by atoms with van der Waals surface area (Å²) >= 11 is 0. The molecule has 2 nitrogen and oxygen atoms in total. The molecule has 0 aromatic heterocycles. The van der Waals surface area contributed by atoms with E-state index in [1.54, 1.807) is 0 Å². The minimum Gasteiger partial charge on any atom is -0.303 e. The molecule has 0 aliphatic carbocycles. The van der Waals surface area contributed by atoms with Crippen LogP contribution in [0.15, 0.2) is 0 Å². The van der Waals surface area contributed by atoms with Gasteiger partial charge in [-0.3, -0.25) is 0 Å². The van der Waals surface area contributed by atoms with Gasteiger partial charge in [-0.05, 0) is 52.2 Å². The van der Waals surface area contributed by atoms with Crippen LogP contribution in [-0.4, -0.2) is 48.6 Å². The molecule has 0 N–H and O–H groups in total. The number of rotatable bonds is 1.